The number of carbonyl (C=O) groups is 2. The highest BCUT2D eigenvalue weighted by molar-refractivity contribution is 7.17. The molecular weight excluding hydrogens is 280 g/mol. The molecule has 0 saturated carbocycles. The molecule has 0 aliphatic carbocycles. The lowest BCUT2D eigenvalue weighted by Gasteiger charge is -2.19. The second-order valence-electron chi connectivity index (χ2n) is 5.57. The Hall–Kier alpha value is -1.60. The number of carboxylic acids is 1. The number of amides is 1. The van der Waals surface area contributed by atoms with Gasteiger partial charge in [0.1, 0.15) is 10.6 Å². The molecule has 0 unspecified atom stereocenters. The average molecular weight is 298 g/mol. The molecule has 2 heterocycles. The summed E-state index contributed by atoms with van der Waals surface area (Å²) in [5, 5.41) is 15.4. The van der Waals surface area contributed by atoms with Crippen molar-refractivity contribution in [2.45, 2.75) is 39.3 Å². The number of rotatable bonds is 2. The molecule has 1 aliphatic heterocycles. The van der Waals surface area contributed by atoms with E-state index in [1.165, 1.54) is 11.3 Å². The number of fused-ring (bicyclic) bond motifs is 1. The first-order chi connectivity index (χ1) is 9.28. The summed E-state index contributed by atoms with van der Waals surface area (Å²) in [6.45, 7) is 6.66. The van der Waals surface area contributed by atoms with E-state index in [1.54, 1.807) is 20.8 Å². The summed E-state index contributed by atoms with van der Waals surface area (Å²) < 4.78 is 5.16. The van der Waals surface area contributed by atoms with E-state index >= 15 is 0 Å². The van der Waals surface area contributed by atoms with Gasteiger partial charge >= 0.3 is 12.1 Å². The predicted molar refractivity (Wildman–Crippen MR) is 76.5 cm³/mol. The molecule has 2 rings (SSSR count). The lowest BCUT2D eigenvalue weighted by Crippen LogP contribution is -2.27. The van der Waals surface area contributed by atoms with Crippen molar-refractivity contribution in [2.24, 2.45) is 0 Å². The van der Waals surface area contributed by atoms with Crippen molar-refractivity contribution in [3.05, 3.63) is 16.0 Å². The molecule has 0 atom stereocenters. The topological polar surface area (TPSA) is 87.7 Å². The van der Waals surface area contributed by atoms with Gasteiger partial charge in [-0.3, -0.25) is 5.32 Å². The highest BCUT2D eigenvalue weighted by atomic mass is 32.1. The lowest BCUT2D eigenvalue weighted by molar-refractivity contribution is 0.0636. The average Bonchev–Trinajstić information content (AvgIpc) is 2.63. The molecule has 0 saturated heterocycles. The number of anilines is 1. The summed E-state index contributed by atoms with van der Waals surface area (Å²) in [6, 6.07) is 0. The molecule has 0 bridgehead atoms. The summed E-state index contributed by atoms with van der Waals surface area (Å²) in [5.41, 5.74) is 0.385. The Morgan fingerprint density at radius 1 is 1.40 bits per heavy atom. The zero-order valence-corrected chi connectivity index (χ0v) is 12.5. The van der Waals surface area contributed by atoms with Crippen LogP contribution in [0.5, 0.6) is 0 Å². The highest BCUT2D eigenvalue weighted by Crippen LogP contribution is 2.35. The van der Waals surface area contributed by atoms with Crippen molar-refractivity contribution in [1.82, 2.24) is 5.32 Å². The molecule has 1 amide bonds. The summed E-state index contributed by atoms with van der Waals surface area (Å²) in [6.07, 6.45) is 0.0234. The van der Waals surface area contributed by atoms with E-state index in [2.05, 4.69) is 10.6 Å². The van der Waals surface area contributed by atoms with E-state index in [-0.39, 0.29) is 5.56 Å². The Morgan fingerprint density at radius 2 is 2.10 bits per heavy atom. The van der Waals surface area contributed by atoms with Crippen molar-refractivity contribution in [3.63, 3.8) is 0 Å². The Kier molecular flexibility index (Phi) is 4.01. The van der Waals surface area contributed by atoms with E-state index in [4.69, 9.17) is 4.74 Å². The Morgan fingerprint density at radius 3 is 2.70 bits per heavy atom. The zero-order valence-electron chi connectivity index (χ0n) is 11.7. The largest absolute Gasteiger partial charge is 0.478 e. The summed E-state index contributed by atoms with van der Waals surface area (Å²) in [7, 11) is 0. The second kappa shape index (κ2) is 5.41. The lowest BCUT2D eigenvalue weighted by atomic mass is 10.0. The first kappa shape index (κ1) is 14.8. The number of carbonyl (C=O) groups excluding carboxylic acids is 1. The van der Waals surface area contributed by atoms with E-state index in [0.29, 0.717) is 18.0 Å². The molecule has 110 valence electrons. The number of nitrogens with one attached hydrogen (secondary N) is 2. The summed E-state index contributed by atoms with van der Waals surface area (Å²) >= 11 is 1.29. The standard InChI is InChI=1S/C13H18N2O4S/c1-13(2,3)19-12(18)15-10-9(11(16)17)7-4-5-14-6-8(7)20-10/h14H,4-6H2,1-3H3,(H,15,18)(H,16,17). The van der Waals surface area contributed by atoms with Crippen molar-refractivity contribution in [3.8, 4) is 0 Å². The van der Waals surface area contributed by atoms with Gasteiger partial charge in [0.05, 0.1) is 5.56 Å². The second-order valence-corrected chi connectivity index (χ2v) is 6.67. The zero-order chi connectivity index (χ0) is 14.9. The first-order valence-electron chi connectivity index (χ1n) is 6.36. The molecule has 6 nitrogen and oxygen atoms in total. The molecule has 20 heavy (non-hydrogen) atoms. The molecule has 1 aliphatic rings. The van der Waals surface area contributed by atoms with E-state index in [1.807, 2.05) is 0 Å². The summed E-state index contributed by atoms with van der Waals surface area (Å²) in [4.78, 5) is 24.2. The van der Waals surface area contributed by atoms with Gasteiger partial charge in [-0.05, 0) is 39.3 Å². The maximum absolute atomic E-state index is 11.8. The van der Waals surface area contributed by atoms with E-state index < -0.39 is 17.7 Å². The number of carboxylic acid groups (broad SMARTS) is 1. The van der Waals surface area contributed by atoms with Crippen LogP contribution in [0.25, 0.3) is 0 Å². The predicted octanol–water partition coefficient (Wildman–Crippen LogP) is 2.44. The van der Waals surface area contributed by atoms with Crippen molar-refractivity contribution < 1.29 is 19.4 Å². The van der Waals surface area contributed by atoms with Crippen molar-refractivity contribution in [1.29, 1.82) is 0 Å². The fraction of sp³-hybridized carbons (Fsp3) is 0.538. The molecule has 0 fully saturated rings. The van der Waals surface area contributed by atoms with Crippen LogP contribution in [0.4, 0.5) is 9.80 Å². The van der Waals surface area contributed by atoms with Gasteiger partial charge in [0, 0.05) is 11.4 Å². The molecule has 0 radical (unpaired) electrons. The molecular formula is C13H18N2O4S. The van der Waals surface area contributed by atoms with Gasteiger partial charge in [-0.2, -0.15) is 0 Å². The molecule has 1 aromatic rings. The fourth-order valence-corrected chi connectivity index (χ4v) is 3.24. The van der Waals surface area contributed by atoms with Gasteiger partial charge in [0.15, 0.2) is 0 Å². The number of aromatic carboxylic acids is 1. The van der Waals surface area contributed by atoms with Crippen LogP contribution in [0.3, 0.4) is 0 Å². The van der Waals surface area contributed by atoms with Crippen LogP contribution in [0.2, 0.25) is 0 Å². The minimum absolute atomic E-state index is 0.192. The maximum Gasteiger partial charge on any atom is 0.412 e. The Labute approximate surface area is 121 Å². The van der Waals surface area contributed by atoms with Gasteiger partial charge in [-0.1, -0.05) is 0 Å². The molecule has 7 heteroatoms. The highest BCUT2D eigenvalue weighted by Gasteiger charge is 2.27. The Bertz CT molecular complexity index is 545. The van der Waals surface area contributed by atoms with E-state index in [0.717, 1.165) is 17.0 Å². The maximum atomic E-state index is 11.8. The van der Waals surface area contributed by atoms with Gasteiger partial charge in [0.25, 0.3) is 0 Å². The molecule has 0 spiro atoms. The van der Waals surface area contributed by atoms with Crippen LogP contribution < -0.4 is 10.6 Å². The number of hydrogen-bond acceptors (Lipinski definition) is 5. The van der Waals surface area contributed by atoms with Crippen molar-refractivity contribution in [2.75, 3.05) is 11.9 Å². The van der Waals surface area contributed by atoms with Gasteiger partial charge in [0.2, 0.25) is 0 Å². The van der Waals surface area contributed by atoms with Gasteiger partial charge < -0.3 is 15.2 Å². The van der Waals surface area contributed by atoms with Crippen LogP contribution in [-0.4, -0.2) is 29.3 Å². The first-order valence-corrected chi connectivity index (χ1v) is 7.18. The molecule has 0 aromatic carbocycles. The SMILES string of the molecule is CC(C)(C)OC(=O)Nc1sc2c(c1C(=O)O)CCNC2. The number of thiophene rings is 1. The monoisotopic (exact) mass is 298 g/mol. The van der Waals surface area contributed by atoms with Crippen molar-refractivity contribution >= 4 is 28.4 Å². The molecule has 3 N–H and O–H groups in total. The third-order valence-corrected chi connectivity index (χ3v) is 3.90. The number of ether oxygens (including phenoxy) is 1. The van der Waals surface area contributed by atoms with Gasteiger partial charge in [-0.25, -0.2) is 9.59 Å². The van der Waals surface area contributed by atoms with Crippen LogP contribution in [0.1, 0.15) is 41.6 Å². The minimum atomic E-state index is -1.02. The van der Waals surface area contributed by atoms with Crippen LogP contribution in [0.15, 0.2) is 0 Å². The van der Waals surface area contributed by atoms with Crippen LogP contribution in [-0.2, 0) is 17.7 Å². The quantitative estimate of drug-likeness (QED) is 0.780. The van der Waals surface area contributed by atoms with Crippen LogP contribution >= 0.6 is 11.3 Å². The van der Waals surface area contributed by atoms with Crippen LogP contribution in [0, 0.1) is 0 Å². The minimum Gasteiger partial charge on any atom is -0.478 e. The third kappa shape index (κ3) is 3.29. The third-order valence-electron chi connectivity index (χ3n) is 2.76. The summed E-state index contributed by atoms with van der Waals surface area (Å²) in [5.74, 6) is -1.02. The number of hydrogen-bond donors (Lipinski definition) is 3. The van der Waals surface area contributed by atoms with E-state index in [9.17, 15) is 14.7 Å². The molecule has 1 aromatic heterocycles. The van der Waals surface area contributed by atoms with Gasteiger partial charge in [-0.15, -0.1) is 11.3 Å². The Balaban J connectivity index is 2.25. The fourth-order valence-electron chi connectivity index (χ4n) is 2.05. The normalized spacial score (nSPS) is 14.6. The smallest absolute Gasteiger partial charge is 0.412 e.